The van der Waals surface area contributed by atoms with E-state index in [0.717, 1.165) is 31.5 Å². The van der Waals surface area contributed by atoms with Crippen LogP contribution in [0.4, 0.5) is 5.69 Å². The molecule has 0 spiro atoms. The van der Waals surface area contributed by atoms with E-state index in [0.29, 0.717) is 23.2 Å². The standard InChI is InChI=1S/C29H30ClN3O4S/c1-20-7-4-5-15-32(20)16-14-31-28(34)22-12-13-27-25(18-22)33(19-21-8-6-9-23(30)17-21)29(35)24-10-2-3-11-26(24)38(27,36)37/h2-3,6,8-13,17-18,20H,4-5,7,14-16,19H2,1H3,(H,31,34)/t20-/m0/s1. The van der Waals surface area contributed by atoms with Crippen molar-refractivity contribution in [1.82, 2.24) is 10.2 Å². The highest BCUT2D eigenvalue weighted by Gasteiger charge is 2.36. The SMILES string of the molecule is C[C@H]1CCCCN1CCNC(=O)c1ccc2c(c1)N(Cc1cccc(Cl)c1)C(=O)c1ccccc1S2(=O)=O. The summed E-state index contributed by atoms with van der Waals surface area (Å²) in [5.41, 5.74) is 1.29. The van der Waals surface area contributed by atoms with Crippen molar-refractivity contribution in [2.24, 2.45) is 0 Å². The van der Waals surface area contributed by atoms with Gasteiger partial charge in [0.2, 0.25) is 9.84 Å². The molecule has 0 saturated carbocycles. The molecule has 2 aliphatic heterocycles. The van der Waals surface area contributed by atoms with E-state index in [1.807, 2.05) is 6.07 Å². The molecule has 2 heterocycles. The van der Waals surface area contributed by atoms with Crippen molar-refractivity contribution < 1.29 is 18.0 Å². The van der Waals surface area contributed by atoms with Crippen molar-refractivity contribution in [2.45, 2.75) is 48.6 Å². The maximum atomic E-state index is 13.8. The lowest BCUT2D eigenvalue weighted by atomic mass is 10.0. The van der Waals surface area contributed by atoms with E-state index >= 15 is 0 Å². The molecule has 1 N–H and O–H groups in total. The van der Waals surface area contributed by atoms with E-state index in [2.05, 4.69) is 17.1 Å². The normalized spacial score (nSPS) is 18.8. The molecule has 0 radical (unpaired) electrons. The van der Waals surface area contributed by atoms with Gasteiger partial charge in [-0.25, -0.2) is 8.42 Å². The van der Waals surface area contributed by atoms with Crippen LogP contribution in [0.5, 0.6) is 0 Å². The Labute approximate surface area is 228 Å². The zero-order valence-corrected chi connectivity index (χ0v) is 22.8. The Kier molecular flexibility index (Phi) is 7.56. The maximum absolute atomic E-state index is 13.8. The Morgan fingerprint density at radius 1 is 1.03 bits per heavy atom. The van der Waals surface area contributed by atoms with E-state index in [-0.39, 0.29) is 33.5 Å². The second-order valence-corrected chi connectivity index (χ2v) is 12.2. The van der Waals surface area contributed by atoms with Crippen LogP contribution < -0.4 is 10.2 Å². The van der Waals surface area contributed by atoms with Gasteiger partial charge in [0.15, 0.2) is 0 Å². The van der Waals surface area contributed by atoms with Crippen LogP contribution in [0.15, 0.2) is 76.5 Å². The monoisotopic (exact) mass is 551 g/mol. The molecule has 0 aliphatic carbocycles. The van der Waals surface area contributed by atoms with Gasteiger partial charge in [-0.1, -0.05) is 42.3 Å². The summed E-state index contributed by atoms with van der Waals surface area (Å²) >= 11 is 6.18. The largest absolute Gasteiger partial charge is 0.351 e. The molecule has 7 nitrogen and oxygen atoms in total. The lowest BCUT2D eigenvalue weighted by Crippen LogP contribution is -2.42. The Morgan fingerprint density at radius 3 is 2.63 bits per heavy atom. The fraction of sp³-hybridized carbons (Fsp3) is 0.310. The number of likely N-dealkylation sites (tertiary alicyclic amines) is 1. The first-order valence-electron chi connectivity index (χ1n) is 12.8. The molecule has 1 fully saturated rings. The van der Waals surface area contributed by atoms with Gasteiger partial charge in [0.1, 0.15) is 0 Å². The summed E-state index contributed by atoms with van der Waals surface area (Å²) in [5.74, 6) is -0.772. The number of carbonyl (C=O) groups excluding carboxylic acids is 2. The number of sulfone groups is 1. The number of amides is 2. The van der Waals surface area contributed by atoms with Gasteiger partial charge in [-0.2, -0.15) is 0 Å². The van der Waals surface area contributed by atoms with Crippen LogP contribution >= 0.6 is 11.6 Å². The molecule has 38 heavy (non-hydrogen) atoms. The molecule has 5 rings (SSSR count). The number of benzene rings is 3. The summed E-state index contributed by atoms with van der Waals surface area (Å²) in [6.07, 6.45) is 3.55. The first-order valence-corrected chi connectivity index (χ1v) is 14.7. The minimum absolute atomic E-state index is 0.0171. The highest BCUT2D eigenvalue weighted by molar-refractivity contribution is 7.91. The first-order chi connectivity index (χ1) is 18.3. The van der Waals surface area contributed by atoms with Crippen LogP contribution in [-0.2, 0) is 16.4 Å². The predicted octanol–water partition coefficient (Wildman–Crippen LogP) is 4.94. The van der Waals surface area contributed by atoms with Gasteiger partial charge in [-0.05, 0) is 74.3 Å². The van der Waals surface area contributed by atoms with E-state index in [1.165, 1.54) is 41.7 Å². The van der Waals surface area contributed by atoms with Gasteiger partial charge in [-0.3, -0.25) is 14.5 Å². The lowest BCUT2D eigenvalue weighted by molar-refractivity contribution is 0.0936. The van der Waals surface area contributed by atoms with Crippen molar-refractivity contribution in [3.8, 4) is 0 Å². The van der Waals surface area contributed by atoms with Gasteiger partial charge in [0.05, 0.1) is 27.6 Å². The number of nitrogens with zero attached hydrogens (tertiary/aromatic N) is 2. The van der Waals surface area contributed by atoms with Gasteiger partial charge >= 0.3 is 0 Å². The number of halogens is 1. The third-order valence-corrected chi connectivity index (χ3v) is 9.40. The summed E-state index contributed by atoms with van der Waals surface area (Å²) in [4.78, 5) is 30.6. The van der Waals surface area contributed by atoms with Crippen LogP contribution in [0.2, 0.25) is 5.02 Å². The molecule has 1 atom stereocenters. The second-order valence-electron chi connectivity index (χ2n) is 9.84. The molecule has 0 unspecified atom stereocenters. The molecule has 3 aromatic rings. The van der Waals surface area contributed by atoms with Crippen molar-refractivity contribution in [1.29, 1.82) is 0 Å². The van der Waals surface area contributed by atoms with Crippen molar-refractivity contribution in [3.05, 3.63) is 88.4 Å². The third kappa shape index (κ3) is 5.21. The van der Waals surface area contributed by atoms with Crippen LogP contribution in [0, 0.1) is 0 Å². The van der Waals surface area contributed by atoms with Crippen LogP contribution in [0.25, 0.3) is 0 Å². The Morgan fingerprint density at radius 2 is 1.84 bits per heavy atom. The number of anilines is 1. The second kappa shape index (κ2) is 10.9. The smallest absolute Gasteiger partial charge is 0.259 e. The zero-order valence-electron chi connectivity index (χ0n) is 21.2. The summed E-state index contributed by atoms with van der Waals surface area (Å²) in [6, 6.07) is 18.2. The molecule has 198 valence electrons. The van der Waals surface area contributed by atoms with Crippen molar-refractivity contribution in [2.75, 3.05) is 24.5 Å². The molecule has 2 aliphatic rings. The fourth-order valence-corrected chi connectivity index (χ4v) is 7.07. The molecule has 3 aromatic carbocycles. The Balaban J connectivity index is 1.49. The van der Waals surface area contributed by atoms with Gasteiger partial charge in [-0.15, -0.1) is 0 Å². The summed E-state index contributed by atoms with van der Waals surface area (Å²) in [7, 11) is -4.01. The molecular formula is C29H30ClN3O4S. The highest BCUT2D eigenvalue weighted by atomic mass is 35.5. The summed E-state index contributed by atoms with van der Waals surface area (Å²) in [6.45, 7) is 4.55. The number of fused-ring (bicyclic) bond motifs is 2. The van der Waals surface area contributed by atoms with E-state index < -0.39 is 15.7 Å². The van der Waals surface area contributed by atoms with Crippen molar-refractivity contribution in [3.63, 3.8) is 0 Å². The average molecular weight is 552 g/mol. The van der Waals surface area contributed by atoms with E-state index in [1.54, 1.807) is 30.3 Å². The van der Waals surface area contributed by atoms with Gasteiger partial charge in [0.25, 0.3) is 11.8 Å². The molecule has 9 heteroatoms. The maximum Gasteiger partial charge on any atom is 0.259 e. The molecule has 0 aromatic heterocycles. The highest BCUT2D eigenvalue weighted by Crippen LogP contribution is 2.38. The van der Waals surface area contributed by atoms with Crippen LogP contribution in [0.1, 0.15) is 52.5 Å². The van der Waals surface area contributed by atoms with Gasteiger partial charge in [0, 0.05) is 29.7 Å². The average Bonchev–Trinajstić information content (AvgIpc) is 2.98. The summed E-state index contributed by atoms with van der Waals surface area (Å²) < 4.78 is 27.3. The minimum atomic E-state index is -4.01. The number of rotatable bonds is 6. The number of piperidine rings is 1. The predicted molar refractivity (Wildman–Crippen MR) is 148 cm³/mol. The fourth-order valence-electron chi connectivity index (χ4n) is 5.23. The topological polar surface area (TPSA) is 86.8 Å². The van der Waals surface area contributed by atoms with Crippen LogP contribution in [-0.4, -0.2) is 50.8 Å². The van der Waals surface area contributed by atoms with E-state index in [4.69, 9.17) is 11.6 Å². The quantitative estimate of drug-likeness (QED) is 0.469. The zero-order chi connectivity index (χ0) is 26.9. The lowest BCUT2D eigenvalue weighted by Gasteiger charge is -2.33. The third-order valence-electron chi connectivity index (χ3n) is 7.31. The number of carbonyl (C=O) groups is 2. The molecule has 1 saturated heterocycles. The minimum Gasteiger partial charge on any atom is -0.351 e. The van der Waals surface area contributed by atoms with Gasteiger partial charge < -0.3 is 10.2 Å². The van der Waals surface area contributed by atoms with Crippen molar-refractivity contribution >= 4 is 38.9 Å². The van der Waals surface area contributed by atoms with Crippen LogP contribution in [0.3, 0.4) is 0 Å². The van der Waals surface area contributed by atoms with E-state index in [9.17, 15) is 18.0 Å². The molecule has 2 amide bonds. The summed E-state index contributed by atoms with van der Waals surface area (Å²) in [5, 5.41) is 3.47. The number of hydrogen-bond acceptors (Lipinski definition) is 5. The molecular weight excluding hydrogens is 522 g/mol. The Hall–Kier alpha value is -3.20. The molecule has 0 bridgehead atoms. The first kappa shape index (κ1) is 26.4. The number of hydrogen-bond donors (Lipinski definition) is 1. The number of nitrogens with one attached hydrogen (secondary N) is 1. The Bertz CT molecular complexity index is 1490.